The summed E-state index contributed by atoms with van der Waals surface area (Å²) >= 11 is 0. The topological polar surface area (TPSA) is 116 Å². The number of nitrogens with two attached hydrogens (primary N) is 1. The number of carbonyl (C=O) groups excluding carboxylic acids is 2. The number of fused-ring (bicyclic) bond motifs is 1. The van der Waals surface area contributed by atoms with Crippen molar-refractivity contribution in [1.29, 1.82) is 0 Å². The summed E-state index contributed by atoms with van der Waals surface area (Å²) in [5.41, 5.74) is 7.81. The predicted molar refractivity (Wildman–Crippen MR) is 162 cm³/mol. The highest BCUT2D eigenvalue weighted by Gasteiger charge is 2.56. The molecule has 222 valence electrons. The first-order chi connectivity index (χ1) is 19.8. The molecular weight excluding hydrogens is 546 g/mol. The summed E-state index contributed by atoms with van der Waals surface area (Å²) in [6.07, 6.45) is 4.52. The summed E-state index contributed by atoms with van der Waals surface area (Å²) in [4.78, 5) is 29.1. The number of nitrogens with zero attached hydrogens (tertiary/aromatic N) is 4. The summed E-state index contributed by atoms with van der Waals surface area (Å²) in [5.74, 6) is 7.63. The Balaban J connectivity index is 1.24. The molecule has 1 aliphatic carbocycles. The number of rotatable bonds is 7. The summed E-state index contributed by atoms with van der Waals surface area (Å²) < 4.78 is 14.6. The van der Waals surface area contributed by atoms with Crippen LogP contribution in [0.4, 0.5) is 0 Å². The van der Waals surface area contributed by atoms with Gasteiger partial charge in [0.15, 0.2) is 14.1 Å². The fraction of sp³-hybridized carbons (Fsp3) is 0.500. The van der Waals surface area contributed by atoms with Gasteiger partial charge in [0.25, 0.3) is 0 Å². The molecule has 1 saturated heterocycles. The van der Waals surface area contributed by atoms with E-state index < -0.39 is 20.1 Å². The van der Waals surface area contributed by atoms with E-state index in [1.807, 2.05) is 42.7 Å². The maximum Gasteiger partial charge on any atom is 0.311 e. The quantitative estimate of drug-likeness (QED) is 0.232. The molecule has 2 fully saturated rings. The van der Waals surface area contributed by atoms with Gasteiger partial charge in [0, 0.05) is 48.6 Å². The van der Waals surface area contributed by atoms with Gasteiger partial charge in [-0.05, 0) is 67.6 Å². The minimum Gasteiger partial charge on any atom is -0.407 e. The molecule has 3 aromatic rings. The van der Waals surface area contributed by atoms with Gasteiger partial charge in [-0.3, -0.25) is 9.59 Å². The van der Waals surface area contributed by atoms with Crippen LogP contribution in [-0.4, -0.2) is 52.8 Å². The van der Waals surface area contributed by atoms with Crippen molar-refractivity contribution in [2.45, 2.75) is 71.3 Å². The van der Waals surface area contributed by atoms with E-state index >= 15 is 0 Å². The maximum atomic E-state index is 11.8. The van der Waals surface area contributed by atoms with E-state index in [9.17, 15) is 9.59 Å². The zero-order valence-electron chi connectivity index (χ0n) is 25.5. The molecule has 10 heteroatoms. The number of hydrogen-bond donors (Lipinski definition) is 1. The zero-order chi connectivity index (χ0) is 30.4. The second kappa shape index (κ2) is 11.2. The molecule has 1 aliphatic heterocycles. The summed E-state index contributed by atoms with van der Waals surface area (Å²) in [6, 6.07) is 9.93. The van der Waals surface area contributed by atoms with Crippen LogP contribution in [0, 0.1) is 29.6 Å². The van der Waals surface area contributed by atoms with E-state index in [-0.39, 0.29) is 23.1 Å². The Hall–Kier alpha value is -3.68. The monoisotopic (exact) mass is 587 g/mol. The van der Waals surface area contributed by atoms with Gasteiger partial charge in [-0.2, -0.15) is 0 Å². The molecule has 1 saturated carbocycles. The average molecular weight is 588 g/mol. The highest BCUT2D eigenvalue weighted by Crippen LogP contribution is 2.51. The highest BCUT2D eigenvalue weighted by atomic mass is 28.4. The van der Waals surface area contributed by atoms with Crippen LogP contribution in [0.2, 0.25) is 18.1 Å². The Morgan fingerprint density at radius 2 is 1.86 bits per heavy atom. The minimum atomic E-state index is -1.97. The normalized spacial score (nSPS) is 21.3. The molecule has 0 bridgehead atoms. The number of benzene rings is 1. The number of aromatic nitrogens is 3. The Labute approximate surface area is 248 Å². The minimum absolute atomic E-state index is 0.0252. The van der Waals surface area contributed by atoms with Crippen LogP contribution in [0.3, 0.4) is 0 Å². The van der Waals surface area contributed by atoms with Crippen LogP contribution in [0.25, 0.3) is 11.3 Å². The highest BCUT2D eigenvalue weighted by molar-refractivity contribution is 6.74. The molecule has 1 unspecified atom stereocenters. The first kappa shape index (κ1) is 29.8. The molecule has 2 aliphatic rings. The second-order valence-corrected chi connectivity index (χ2v) is 17.8. The van der Waals surface area contributed by atoms with Gasteiger partial charge in [-0.15, -0.1) is 0 Å². The molecule has 2 amide bonds. The van der Waals surface area contributed by atoms with Gasteiger partial charge in [0.05, 0.1) is 6.04 Å². The number of likely N-dealkylation sites (tertiary alicyclic amines) is 1. The molecule has 2 N–H and O–H groups in total. The molecule has 1 aromatic carbocycles. The van der Waals surface area contributed by atoms with Crippen molar-refractivity contribution < 1.29 is 18.5 Å². The number of primary amides is 1. The lowest BCUT2D eigenvalue weighted by molar-refractivity contribution is -0.143. The van der Waals surface area contributed by atoms with Crippen LogP contribution in [0.1, 0.15) is 70.3 Å². The van der Waals surface area contributed by atoms with Crippen molar-refractivity contribution in [2.75, 3.05) is 13.1 Å². The van der Waals surface area contributed by atoms with Crippen molar-refractivity contribution in [2.24, 2.45) is 23.5 Å². The number of amides is 2. The summed E-state index contributed by atoms with van der Waals surface area (Å²) in [7, 11) is -1.97. The fourth-order valence-electron chi connectivity index (χ4n) is 5.65. The van der Waals surface area contributed by atoms with E-state index in [1.54, 1.807) is 0 Å². The predicted octanol–water partition coefficient (Wildman–Crippen LogP) is 5.16. The van der Waals surface area contributed by atoms with Crippen molar-refractivity contribution in [3.63, 3.8) is 0 Å². The number of carbonyl (C=O) groups is 2. The largest absolute Gasteiger partial charge is 0.407 e. The number of piperidine rings is 1. The second-order valence-electron chi connectivity index (χ2n) is 13.0. The van der Waals surface area contributed by atoms with E-state index in [0.717, 1.165) is 29.1 Å². The molecule has 2 aromatic heterocycles. The van der Waals surface area contributed by atoms with Crippen molar-refractivity contribution in [3.8, 4) is 23.2 Å². The van der Waals surface area contributed by atoms with Crippen molar-refractivity contribution >= 4 is 20.1 Å². The van der Waals surface area contributed by atoms with Crippen LogP contribution in [0.15, 0.2) is 47.2 Å². The van der Waals surface area contributed by atoms with Gasteiger partial charge >= 0.3 is 11.8 Å². The standard InChI is InChI=1S/C32H41N5O4Si/c1-8-27(37-16-15-34-30(37)20(2)41-42(6,7)32(3,4)5)26-17-28(40-35-26)22-12-9-21(10-13-22)11-14-23-24-18-36(19-25(23)24)31(39)29(33)38/h9-10,12-13,15-17,20,23-25,27H,8,18-19H2,1-7H3,(H2,33,38)/t20-,23?,24-,25+,27+/m0/s1. The maximum absolute atomic E-state index is 11.8. The van der Waals surface area contributed by atoms with Gasteiger partial charge in [0.2, 0.25) is 0 Å². The zero-order valence-corrected chi connectivity index (χ0v) is 26.5. The summed E-state index contributed by atoms with van der Waals surface area (Å²) in [5, 5.41) is 4.56. The average Bonchev–Trinajstić information content (AvgIpc) is 3.44. The molecule has 0 spiro atoms. The Bertz CT molecular complexity index is 1510. The van der Waals surface area contributed by atoms with Crippen LogP contribution < -0.4 is 5.73 Å². The van der Waals surface area contributed by atoms with Gasteiger partial charge < -0.3 is 24.1 Å². The van der Waals surface area contributed by atoms with Gasteiger partial charge in [0.1, 0.15) is 17.6 Å². The lowest BCUT2D eigenvalue weighted by Gasteiger charge is -2.38. The van der Waals surface area contributed by atoms with Gasteiger partial charge in [-0.25, -0.2) is 4.98 Å². The van der Waals surface area contributed by atoms with Crippen LogP contribution >= 0.6 is 0 Å². The molecule has 9 nitrogen and oxygen atoms in total. The lowest BCUT2D eigenvalue weighted by Crippen LogP contribution is -2.41. The Morgan fingerprint density at radius 1 is 1.19 bits per heavy atom. The van der Waals surface area contributed by atoms with Crippen molar-refractivity contribution in [1.82, 2.24) is 19.6 Å². The van der Waals surface area contributed by atoms with E-state index in [1.165, 1.54) is 4.90 Å². The third-order valence-corrected chi connectivity index (χ3v) is 13.7. The lowest BCUT2D eigenvalue weighted by atomic mass is 10.1. The molecule has 0 radical (unpaired) electrons. The molecule has 5 rings (SSSR count). The van der Waals surface area contributed by atoms with E-state index in [2.05, 4.69) is 74.3 Å². The third kappa shape index (κ3) is 5.81. The van der Waals surface area contributed by atoms with Crippen LogP contribution in [0.5, 0.6) is 0 Å². The Kier molecular flexibility index (Phi) is 7.94. The summed E-state index contributed by atoms with van der Waals surface area (Å²) in [6.45, 7) is 16.6. The van der Waals surface area contributed by atoms with E-state index in [0.29, 0.717) is 30.7 Å². The van der Waals surface area contributed by atoms with E-state index in [4.69, 9.17) is 14.7 Å². The molecule has 5 atom stereocenters. The number of hydrogen-bond acceptors (Lipinski definition) is 6. The Morgan fingerprint density at radius 3 is 2.45 bits per heavy atom. The third-order valence-electron chi connectivity index (χ3n) is 9.18. The molecule has 42 heavy (non-hydrogen) atoms. The van der Waals surface area contributed by atoms with Gasteiger partial charge in [-0.1, -0.05) is 44.7 Å². The molecule has 3 heterocycles. The first-order valence-corrected chi connectivity index (χ1v) is 17.6. The van der Waals surface area contributed by atoms with Crippen molar-refractivity contribution in [3.05, 3.63) is 59.8 Å². The molecular formula is C32H41N5O4Si. The number of imidazole rings is 1. The van der Waals surface area contributed by atoms with Crippen LogP contribution in [-0.2, 0) is 14.0 Å². The SMILES string of the molecule is CC[C@H](c1cc(-c2ccc(C#CC3[C@H]4CN(C(=O)C(N)=O)C[C@@H]34)cc2)on1)n1ccnc1[C@H](C)O[Si](C)(C)C(C)(C)C. The smallest absolute Gasteiger partial charge is 0.311 e. The fourth-order valence-corrected chi connectivity index (χ4v) is 6.99. The first-order valence-electron chi connectivity index (χ1n) is 14.7.